The number of sulfonamides is 1. The zero-order valence-corrected chi connectivity index (χ0v) is 19.9. The average Bonchev–Trinajstić information content (AvgIpc) is 2.83. The van der Waals surface area contributed by atoms with Crippen LogP contribution in [0.5, 0.6) is 11.5 Å². The highest BCUT2D eigenvalue weighted by Gasteiger charge is 2.27. The summed E-state index contributed by atoms with van der Waals surface area (Å²) < 4.78 is 38.4. The van der Waals surface area contributed by atoms with Gasteiger partial charge in [0.15, 0.2) is 0 Å². The molecule has 33 heavy (non-hydrogen) atoms. The number of benzene rings is 3. The van der Waals surface area contributed by atoms with Crippen molar-refractivity contribution in [2.45, 2.75) is 11.8 Å². The van der Waals surface area contributed by atoms with Gasteiger partial charge in [0.25, 0.3) is 10.0 Å². The van der Waals surface area contributed by atoms with Crippen molar-refractivity contribution in [1.29, 1.82) is 0 Å². The van der Waals surface area contributed by atoms with Crippen molar-refractivity contribution in [3.05, 3.63) is 83.4 Å². The van der Waals surface area contributed by atoms with Crippen LogP contribution < -0.4 is 19.1 Å². The molecule has 0 unspecified atom stereocenters. The van der Waals surface area contributed by atoms with E-state index in [2.05, 4.69) is 5.32 Å². The summed E-state index contributed by atoms with van der Waals surface area (Å²) in [6, 6.07) is 19.8. The minimum absolute atomic E-state index is 0.0909. The van der Waals surface area contributed by atoms with Crippen LogP contribution in [0, 0.1) is 6.92 Å². The summed E-state index contributed by atoms with van der Waals surface area (Å²) in [5, 5.41) is 3.29. The Labute approximate surface area is 198 Å². The molecule has 1 N–H and O–H groups in total. The van der Waals surface area contributed by atoms with E-state index in [0.29, 0.717) is 22.2 Å². The maximum Gasteiger partial charge on any atom is 0.264 e. The van der Waals surface area contributed by atoms with Crippen LogP contribution in [-0.4, -0.2) is 41.1 Å². The highest BCUT2D eigenvalue weighted by Crippen LogP contribution is 2.25. The molecule has 0 aliphatic heterocycles. The fourth-order valence-corrected chi connectivity index (χ4v) is 4.60. The molecule has 0 atom stereocenters. The van der Waals surface area contributed by atoms with Crippen molar-refractivity contribution in [2.75, 3.05) is 31.1 Å². The number of carbonyl (C=O) groups excluding carboxylic acids is 1. The molecule has 0 radical (unpaired) electrons. The van der Waals surface area contributed by atoms with Crippen LogP contribution in [0.15, 0.2) is 77.7 Å². The summed E-state index contributed by atoms with van der Waals surface area (Å²) in [4.78, 5) is 12.7. The minimum Gasteiger partial charge on any atom is -0.497 e. The number of methoxy groups -OCH3 is 1. The van der Waals surface area contributed by atoms with E-state index in [1.807, 2.05) is 13.0 Å². The smallest absolute Gasteiger partial charge is 0.264 e. The van der Waals surface area contributed by atoms with E-state index in [9.17, 15) is 13.2 Å². The molecule has 0 saturated carbocycles. The highest BCUT2D eigenvalue weighted by atomic mass is 35.5. The van der Waals surface area contributed by atoms with Crippen LogP contribution >= 0.6 is 11.6 Å². The van der Waals surface area contributed by atoms with Gasteiger partial charge in [-0.1, -0.05) is 35.9 Å². The molecule has 1 amide bonds. The fourth-order valence-electron chi connectivity index (χ4n) is 2.99. The first kappa shape index (κ1) is 24.4. The molecule has 9 heteroatoms. The number of amides is 1. The molecule has 0 aliphatic rings. The zero-order valence-electron chi connectivity index (χ0n) is 18.3. The second-order valence-corrected chi connectivity index (χ2v) is 9.40. The predicted molar refractivity (Wildman–Crippen MR) is 129 cm³/mol. The normalized spacial score (nSPS) is 11.0. The van der Waals surface area contributed by atoms with Crippen molar-refractivity contribution in [3.8, 4) is 11.5 Å². The number of hydrogen-bond acceptors (Lipinski definition) is 5. The van der Waals surface area contributed by atoms with Crippen molar-refractivity contribution in [1.82, 2.24) is 5.32 Å². The molecule has 3 aromatic carbocycles. The maximum atomic E-state index is 13.3. The van der Waals surface area contributed by atoms with Gasteiger partial charge in [0, 0.05) is 5.02 Å². The molecular formula is C24H25ClN2O5S. The van der Waals surface area contributed by atoms with E-state index in [-0.39, 0.29) is 24.6 Å². The largest absolute Gasteiger partial charge is 0.497 e. The van der Waals surface area contributed by atoms with E-state index < -0.39 is 15.9 Å². The number of halogens is 1. The molecule has 3 aromatic rings. The van der Waals surface area contributed by atoms with Gasteiger partial charge in [-0.15, -0.1) is 0 Å². The van der Waals surface area contributed by atoms with E-state index in [1.165, 1.54) is 19.2 Å². The molecule has 0 aromatic heterocycles. The van der Waals surface area contributed by atoms with Gasteiger partial charge in [-0.25, -0.2) is 8.42 Å². The Morgan fingerprint density at radius 3 is 2.30 bits per heavy atom. The first-order valence-electron chi connectivity index (χ1n) is 10.2. The lowest BCUT2D eigenvalue weighted by Crippen LogP contribution is -2.41. The molecule has 0 saturated heterocycles. The Morgan fingerprint density at radius 2 is 1.67 bits per heavy atom. The van der Waals surface area contributed by atoms with Crippen LogP contribution in [0.2, 0.25) is 5.02 Å². The summed E-state index contributed by atoms with van der Waals surface area (Å²) >= 11 is 6.08. The van der Waals surface area contributed by atoms with E-state index in [0.717, 1.165) is 9.87 Å². The molecule has 0 spiro atoms. The van der Waals surface area contributed by atoms with Gasteiger partial charge in [-0.05, 0) is 61.0 Å². The Kier molecular flexibility index (Phi) is 8.19. The number of aryl methyl sites for hydroxylation is 1. The van der Waals surface area contributed by atoms with Gasteiger partial charge in [0.1, 0.15) is 24.7 Å². The van der Waals surface area contributed by atoms with Gasteiger partial charge in [0.2, 0.25) is 5.91 Å². The van der Waals surface area contributed by atoms with E-state index in [1.54, 1.807) is 54.6 Å². The number of nitrogens with one attached hydrogen (secondary N) is 1. The molecule has 0 heterocycles. The van der Waals surface area contributed by atoms with Gasteiger partial charge in [0.05, 0.1) is 24.2 Å². The number of anilines is 1. The predicted octanol–water partition coefficient (Wildman–Crippen LogP) is 4.05. The number of ether oxygens (including phenoxy) is 2. The lowest BCUT2D eigenvalue weighted by atomic mass is 10.2. The van der Waals surface area contributed by atoms with Crippen LogP contribution in [0.4, 0.5) is 5.69 Å². The minimum atomic E-state index is -3.97. The first-order chi connectivity index (χ1) is 15.8. The lowest BCUT2D eigenvalue weighted by molar-refractivity contribution is -0.119. The van der Waals surface area contributed by atoms with Crippen LogP contribution in [0.1, 0.15) is 5.56 Å². The Balaban J connectivity index is 1.68. The van der Waals surface area contributed by atoms with Gasteiger partial charge >= 0.3 is 0 Å². The molecule has 0 aliphatic carbocycles. The summed E-state index contributed by atoms with van der Waals surface area (Å²) in [7, 11) is -2.44. The number of hydrogen-bond donors (Lipinski definition) is 1. The van der Waals surface area contributed by atoms with Gasteiger partial charge in [-0.2, -0.15) is 0 Å². The average molecular weight is 489 g/mol. The topological polar surface area (TPSA) is 84.9 Å². The Bertz CT molecular complexity index is 1190. The molecule has 7 nitrogen and oxygen atoms in total. The third kappa shape index (κ3) is 6.40. The maximum absolute atomic E-state index is 13.3. The van der Waals surface area contributed by atoms with E-state index in [4.69, 9.17) is 21.1 Å². The number of carbonyl (C=O) groups is 1. The molecule has 0 fully saturated rings. The van der Waals surface area contributed by atoms with Crippen LogP contribution in [-0.2, 0) is 14.8 Å². The SMILES string of the molecule is COc1ccc(N(CC(=O)NCCOc2ccc(C)c(Cl)c2)S(=O)(=O)c2ccccc2)cc1. The second kappa shape index (κ2) is 11.1. The van der Waals surface area contributed by atoms with Crippen LogP contribution in [0.3, 0.4) is 0 Å². The first-order valence-corrected chi connectivity index (χ1v) is 12.0. The third-order valence-corrected chi connectivity index (χ3v) is 7.01. The van der Waals surface area contributed by atoms with Crippen LogP contribution in [0.25, 0.3) is 0 Å². The fraction of sp³-hybridized carbons (Fsp3) is 0.208. The summed E-state index contributed by atoms with van der Waals surface area (Å²) in [6.45, 7) is 1.91. The summed E-state index contributed by atoms with van der Waals surface area (Å²) in [6.07, 6.45) is 0. The molecule has 3 rings (SSSR count). The standard InChI is InChI=1S/C24H25ClN2O5S/c1-18-8-11-21(16-23(18)25)32-15-14-26-24(28)17-27(19-9-12-20(31-2)13-10-19)33(29,30)22-6-4-3-5-7-22/h3-13,16H,14-15,17H2,1-2H3,(H,26,28). The van der Waals surface area contributed by atoms with Gasteiger partial charge < -0.3 is 14.8 Å². The molecule has 0 bridgehead atoms. The second-order valence-electron chi connectivity index (χ2n) is 7.13. The Hall–Kier alpha value is -3.23. The monoisotopic (exact) mass is 488 g/mol. The van der Waals surface area contributed by atoms with Gasteiger partial charge in [-0.3, -0.25) is 9.10 Å². The molecular weight excluding hydrogens is 464 g/mol. The molecule has 174 valence electrons. The quantitative estimate of drug-likeness (QED) is 0.435. The number of nitrogens with zero attached hydrogens (tertiary/aromatic N) is 1. The summed E-state index contributed by atoms with van der Waals surface area (Å²) in [5.74, 6) is 0.704. The number of rotatable bonds is 10. The van der Waals surface area contributed by atoms with E-state index >= 15 is 0 Å². The third-order valence-electron chi connectivity index (χ3n) is 4.82. The Morgan fingerprint density at radius 1 is 1.00 bits per heavy atom. The van der Waals surface area contributed by atoms with Crippen molar-refractivity contribution in [3.63, 3.8) is 0 Å². The highest BCUT2D eigenvalue weighted by molar-refractivity contribution is 7.92. The van der Waals surface area contributed by atoms with Crippen molar-refractivity contribution >= 4 is 33.2 Å². The lowest BCUT2D eigenvalue weighted by Gasteiger charge is -2.24. The summed E-state index contributed by atoms with van der Waals surface area (Å²) in [5.41, 5.74) is 1.29. The van der Waals surface area contributed by atoms with Crippen molar-refractivity contribution < 1.29 is 22.7 Å². The zero-order chi connectivity index (χ0) is 23.8. The van der Waals surface area contributed by atoms with Crippen molar-refractivity contribution in [2.24, 2.45) is 0 Å².